The highest BCUT2D eigenvalue weighted by Gasteiger charge is 2.09. The minimum absolute atomic E-state index is 0.0436. The molecule has 0 aliphatic rings. The molecular weight excluding hydrogens is 327 g/mol. The van der Waals surface area contributed by atoms with Crippen LogP contribution < -0.4 is 10.5 Å². The third kappa shape index (κ3) is 2.60. The van der Waals surface area contributed by atoms with Crippen LogP contribution in [-0.2, 0) is 6.61 Å². The number of nitrogens with two attached hydrogens (primary N) is 1. The van der Waals surface area contributed by atoms with Gasteiger partial charge in [0.25, 0.3) is 0 Å². The molecule has 3 rings (SSSR count). The normalized spacial score (nSPS) is 10.9. The van der Waals surface area contributed by atoms with Gasteiger partial charge in [0.15, 0.2) is 23.8 Å². The average molecular weight is 337 g/mol. The van der Waals surface area contributed by atoms with Gasteiger partial charge in [0.1, 0.15) is 5.52 Å². The van der Waals surface area contributed by atoms with Gasteiger partial charge in [-0.1, -0.05) is 15.9 Å². The van der Waals surface area contributed by atoms with Crippen molar-refractivity contribution < 1.29 is 13.5 Å². The lowest BCUT2D eigenvalue weighted by Gasteiger charge is -2.04. The lowest BCUT2D eigenvalue weighted by molar-refractivity contribution is 0.255. The van der Waals surface area contributed by atoms with Crippen molar-refractivity contribution in [1.82, 2.24) is 4.98 Å². The first kappa shape index (κ1) is 12.9. The van der Waals surface area contributed by atoms with Crippen molar-refractivity contribution >= 4 is 32.7 Å². The molecule has 0 aliphatic heterocycles. The first-order valence-electron chi connectivity index (χ1n) is 5.84. The Balaban J connectivity index is 1.81. The largest absolute Gasteiger partial charge is 0.481 e. The summed E-state index contributed by atoms with van der Waals surface area (Å²) in [4.78, 5) is 4.23. The quantitative estimate of drug-likeness (QED) is 0.737. The molecule has 0 saturated carbocycles. The van der Waals surface area contributed by atoms with Crippen LogP contribution in [0.2, 0.25) is 0 Å². The molecule has 0 aliphatic carbocycles. The number of anilines is 1. The molecule has 20 heavy (non-hydrogen) atoms. The number of halogens is 2. The van der Waals surface area contributed by atoms with E-state index in [0.29, 0.717) is 22.7 Å². The summed E-state index contributed by atoms with van der Waals surface area (Å²) >= 11 is 3.26. The fourth-order valence-electron chi connectivity index (χ4n) is 1.78. The maximum absolute atomic E-state index is 13.5. The molecule has 0 spiro atoms. The number of oxazole rings is 1. The fourth-order valence-corrected chi connectivity index (χ4v) is 2.12. The Bertz CT molecular complexity index is 773. The molecular formula is C14H10BrFN2O2. The molecule has 0 saturated heterocycles. The van der Waals surface area contributed by atoms with E-state index in [0.717, 1.165) is 4.47 Å². The van der Waals surface area contributed by atoms with Gasteiger partial charge in [-0.3, -0.25) is 0 Å². The van der Waals surface area contributed by atoms with E-state index < -0.39 is 5.82 Å². The molecule has 0 atom stereocenters. The smallest absolute Gasteiger partial charge is 0.233 e. The summed E-state index contributed by atoms with van der Waals surface area (Å²) < 4.78 is 25.1. The molecule has 2 aromatic carbocycles. The Hall–Kier alpha value is -2.08. The Kier molecular flexibility index (Phi) is 3.31. The lowest BCUT2D eigenvalue weighted by atomic mass is 10.3. The maximum Gasteiger partial charge on any atom is 0.233 e. The maximum atomic E-state index is 13.5. The third-order valence-electron chi connectivity index (χ3n) is 2.70. The van der Waals surface area contributed by atoms with E-state index >= 15 is 0 Å². The molecule has 6 heteroatoms. The number of nitrogens with zero attached hydrogens (tertiary/aromatic N) is 1. The van der Waals surface area contributed by atoms with Crippen LogP contribution in [0, 0.1) is 5.82 Å². The molecule has 3 aromatic rings. The van der Waals surface area contributed by atoms with Crippen LogP contribution in [-0.4, -0.2) is 4.98 Å². The monoisotopic (exact) mass is 336 g/mol. The van der Waals surface area contributed by atoms with Crippen molar-refractivity contribution in [3.05, 3.63) is 52.6 Å². The van der Waals surface area contributed by atoms with Gasteiger partial charge in [0, 0.05) is 10.2 Å². The van der Waals surface area contributed by atoms with Crippen LogP contribution in [0.5, 0.6) is 5.75 Å². The van der Waals surface area contributed by atoms with Crippen LogP contribution in [0.3, 0.4) is 0 Å². The van der Waals surface area contributed by atoms with E-state index in [-0.39, 0.29) is 12.4 Å². The zero-order valence-electron chi connectivity index (χ0n) is 10.3. The molecule has 2 N–H and O–H groups in total. The number of ether oxygens (including phenoxy) is 1. The minimum atomic E-state index is -0.437. The highest BCUT2D eigenvalue weighted by Crippen LogP contribution is 2.24. The highest BCUT2D eigenvalue weighted by molar-refractivity contribution is 9.10. The lowest BCUT2D eigenvalue weighted by Crippen LogP contribution is -1.97. The SMILES string of the molecule is Nc1ccc2oc(COc3cc(Br)ccc3F)nc2c1. The number of benzene rings is 2. The van der Waals surface area contributed by atoms with Gasteiger partial charge in [0.05, 0.1) is 0 Å². The van der Waals surface area contributed by atoms with E-state index in [1.54, 1.807) is 30.3 Å². The van der Waals surface area contributed by atoms with E-state index in [1.807, 2.05) is 0 Å². The minimum Gasteiger partial charge on any atom is -0.481 e. The number of fused-ring (bicyclic) bond motifs is 1. The fraction of sp³-hybridized carbons (Fsp3) is 0.0714. The summed E-state index contributed by atoms with van der Waals surface area (Å²) in [6.07, 6.45) is 0. The summed E-state index contributed by atoms with van der Waals surface area (Å²) in [5, 5.41) is 0. The summed E-state index contributed by atoms with van der Waals surface area (Å²) in [6, 6.07) is 9.65. The molecule has 0 amide bonds. The summed E-state index contributed by atoms with van der Waals surface area (Å²) in [7, 11) is 0. The Morgan fingerprint density at radius 1 is 1.25 bits per heavy atom. The molecule has 0 fully saturated rings. The summed E-state index contributed by atoms with van der Waals surface area (Å²) in [5.41, 5.74) is 7.54. The van der Waals surface area contributed by atoms with E-state index in [4.69, 9.17) is 14.9 Å². The zero-order chi connectivity index (χ0) is 14.1. The molecule has 0 bridgehead atoms. The zero-order valence-corrected chi connectivity index (χ0v) is 11.9. The summed E-state index contributed by atoms with van der Waals surface area (Å²) in [6.45, 7) is 0.0436. The van der Waals surface area contributed by atoms with Crippen molar-refractivity contribution in [3.8, 4) is 5.75 Å². The number of rotatable bonds is 3. The molecule has 0 radical (unpaired) electrons. The van der Waals surface area contributed by atoms with Crippen LogP contribution >= 0.6 is 15.9 Å². The van der Waals surface area contributed by atoms with Gasteiger partial charge in [-0.25, -0.2) is 9.37 Å². The van der Waals surface area contributed by atoms with Crippen molar-refractivity contribution in [3.63, 3.8) is 0 Å². The van der Waals surface area contributed by atoms with Gasteiger partial charge in [0.2, 0.25) is 5.89 Å². The van der Waals surface area contributed by atoms with Crippen LogP contribution in [0.4, 0.5) is 10.1 Å². The second kappa shape index (κ2) is 5.13. The molecule has 1 heterocycles. The Morgan fingerprint density at radius 3 is 2.95 bits per heavy atom. The predicted molar refractivity (Wildman–Crippen MR) is 76.9 cm³/mol. The first-order chi connectivity index (χ1) is 9.61. The van der Waals surface area contributed by atoms with E-state index in [9.17, 15) is 4.39 Å². The molecule has 4 nitrogen and oxygen atoms in total. The van der Waals surface area contributed by atoms with Gasteiger partial charge < -0.3 is 14.9 Å². The second-order valence-corrected chi connectivity index (χ2v) is 5.11. The molecule has 0 unspecified atom stereocenters. The summed E-state index contributed by atoms with van der Waals surface area (Å²) in [5.74, 6) is 0.0691. The molecule has 1 aromatic heterocycles. The van der Waals surface area contributed by atoms with Crippen molar-refractivity contribution in [2.24, 2.45) is 0 Å². The molecule has 102 valence electrons. The number of hydrogen-bond donors (Lipinski definition) is 1. The topological polar surface area (TPSA) is 61.3 Å². The van der Waals surface area contributed by atoms with E-state index in [2.05, 4.69) is 20.9 Å². The number of nitrogen functional groups attached to an aromatic ring is 1. The van der Waals surface area contributed by atoms with Crippen LogP contribution in [0.15, 0.2) is 45.3 Å². The van der Waals surface area contributed by atoms with Crippen molar-refractivity contribution in [2.45, 2.75) is 6.61 Å². The van der Waals surface area contributed by atoms with Crippen LogP contribution in [0.1, 0.15) is 5.89 Å². The predicted octanol–water partition coefficient (Wildman–Crippen LogP) is 3.89. The number of hydrogen-bond acceptors (Lipinski definition) is 4. The van der Waals surface area contributed by atoms with Crippen LogP contribution in [0.25, 0.3) is 11.1 Å². The van der Waals surface area contributed by atoms with Gasteiger partial charge in [-0.05, 0) is 36.4 Å². The third-order valence-corrected chi connectivity index (χ3v) is 3.19. The Labute approximate surface area is 122 Å². The van der Waals surface area contributed by atoms with Gasteiger partial charge in [-0.2, -0.15) is 0 Å². The van der Waals surface area contributed by atoms with Gasteiger partial charge in [-0.15, -0.1) is 0 Å². The van der Waals surface area contributed by atoms with Crippen molar-refractivity contribution in [1.29, 1.82) is 0 Å². The van der Waals surface area contributed by atoms with Crippen molar-refractivity contribution in [2.75, 3.05) is 5.73 Å². The Morgan fingerprint density at radius 2 is 2.10 bits per heavy atom. The average Bonchev–Trinajstić information content (AvgIpc) is 2.81. The highest BCUT2D eigenvalue weighted by atomic mass is 79.9. The van der Waals surface area contributed by atoms with E-state index in [1.165, 1.54) is 6.07 Å². The number of aromatic nitrogens is 1. The first-order valence-corrected chi connectivity index (χ1v) is 6.64. The van der Waals surface area contributed by atoms with Gasteiger partial charge >= 0.3 is 0 Å². The standard InChI is InChI=1S/C14H10BrFN2O2/c15-8-1-3-10(16)13(5-8)19-7-14-18-11-6-9(17)2-4-12(11)20-14/h1-6H,7,17H2. The second-order valence-electron chi connectivity index (χ2n) is 4.20.